The first-order valence-electron chi connectivity index (χ1n) is 3.71. The summed E-state index contributed by atoms with van der Waals surface area (Å²) in [5, 5.41) is 7.60. The van der Waals surface area contributed by atoms with Gasteiger partial charge in [0.2, 0.25) is 0 Å². The van der Waals surface area contributed by atoms with Crippen LogP contribution in [0.1, 0.15) is 6.92 Å². The molecule has 0 bridgehead atoms. The van der Waals surface area contributed by atoms with Gasteiger partial charge in [-0.1, -0.05) is 6.92 Å². The van der Waals surface area contributed by atoms with Crippen molar-refractivity contribution < 1.29 is 19.4 Å². The van der Waals surface area contributed by atoms with Gasteiger partial charge in [-0.05, 0) is 0 Å². The number of aldehydes is 1. The molecule has 2 aliphatic rings. The van der Waals surface area contributed by atoms with Crippen LogP contribution >= 0.6 is 0 Å². The third-order valence-corrected chi connectivity index (χ3v) is 2.35. The SMILES string of the molecule is CC1C(C=O)OC2OC2C1[OH2+]. The van der Waals surface area contributed by atoms with Crippen molar-refractivity contribution in [3.8, 4) is 0 Å². The Morgan fingerprint density at radius 3 is 2.82 bits per heavy atom. The Morgan fingerprint density at radius 1 is 1.45 bits per heavy atom. The van der Waals surface area contributed by atoms with E-state index in [4.69, 9.17) is 14.6 Å². The van der Waals surface area contributed by atoms with E-state index in [1.54, 1.807) is 0 Å². The van der Waals surface area contributed by atoms with E-state index in [0.717, 1.165) is 6.29 Å². The number of carbonyl (C=O) groups is 1. The van der Waals surface area contributed by atoms with E-state index in [2.05, 4.69) is 0 Å². The Balaban J connectivity index is 2.09. The van der Waals surface area contributed by atoms with Crippen LogP contribution in [0.4, 0.5) is 0 Å². The first-order valence-corrected chi connectivity index (χ1v) is 3.71. The van der Waals surface area contributed by atoms with Gasteiger partial charge in [-0.2, -0.15) is 0 Å². The van der Waals surface area contributed by atoms with E-state index >= 15 is 0 Å². The maximum atomic E-state index is 10.4. The highest BCUT2D eigenvalue weighted by atomic mass is 16.8. The number of carbonyl (C=O) groups excluding carboxylic acids is 1. The molecule has 2 rings (SSSR count). The third kappa shape index (κ3) is 0.982. The summed E-state index contributed by atoms with van der Waals surface area (Å²) in [5.41, 5.74) is 0. The zero-order valence-corrected chi connectivity index (χ0v) is 6.19. The van der Waals surface area contributed by atoms with Crippen molar-refractivity contribution in [2.45, 2.75) is 31.5 Å². The molecule has 0 spiro atoms. The molecule has 4 heteroatoms. The van der Waals surface area contributed by atoms with Gasteiger partial charge in [0.15, 0.2) is 18.5 Å². The fourth-order valence-electron chi connectivity index (χ4n) is 1.41. The molecule has 2 heterocycles. The molecule has 0 aromatic heterocycles. The van der Waals surface area contributed by atoms with Crippen molar-refractivity contribution in [2.75, 3.05) is 0 Å². The molecule has 2 aliphatic heterocycles. The lowest BCUT2D eigenvalue weighted by atomic mass is 9.94. The van der Waals surface area contributed by atoms with Crippen molar-refractivity contribution in [3.05, 3.63) is 0 Å². The number of epoxide rings is 1. The van der Waals surface area contributed by atoms with E-state index in [1.165, 1.54) is 0 Å². The zero-order valence-electron chi connectivity index (χ0n) is 6.19. The molecule has 5 unspecified atom stereocenters. The Bertz CT molecular complexity index is 181. The second-order valence-corrected chi connectivity index (χ2v) is 3.09. The summed E-state index contributed by atoms with van der Waals surface area (Å²) in [6.45, 7) is 1.84. The standard InChI is InChI=1S/C7H10O4/c1-3-4(2-8)10-7-6(11-7)5(3)9/h2-7,9H,1H3/p+1. The van der Waals surface area contributed by atoms with Crippen LogP contribution in [0, 0.1) is 5.92 Å². The molecule has 2 fully saturated rings. The van der Waals surface area contributed by atoms with Crippen LogP contribution in [0.3, 0.4) is 0 Å². The Hall–Kier alpha value is -0.450. The summed E-state index contributed by atoms with van der Waals surface area (Å²) >= 11 is 0. The number of hydrogen-bond acceptors (Lipinski definition) is 3. The number of fused-ring (bicyclic) bond motifs is 1. The van der Waals surface area contributed by atoms with Crippen molar-refractivity contribution in [1.29, 1.82) is 0 Å². The Kier molecular flexibility index (Phi) is 1.49. The minimum absolute atomic E-state index is 0.0451. The van der Waals surface area contributed by atoms with Gasteiger partial charge in [-0.25, -0.2) is 0 Å². The minimum atomic E-state index is -0.443. The largest absolute Gasteiger partial charge is 0.441 e. The van der Waals surface area contributed by atoms with Crippen LogP contribution in [0.5, 0.6) is 0 Å². The molecule has 0 aromatic rings. The smallest absolute Gasteiger partial charge is 0.193 e. The van der Waals surface area contributed by atoms with Crippen molar-refractivity contribution in [3.63, 3.8) is 0 Å². The summed E-state index contributed by atoms with van der Waals surface area (Å²) in [5.74, 6) is -0.0451. The van der Waals surface area contributed by atoms with Gasteiger partial charge < -0.3 is 19.4 Å². The van der Waals surface area contributed by atoms with Crippen LogP contribution < -0.4 is 0 Å². The summed E-state index contributed by atoms with van der Waals surface area (Å²) in [4.78, 5) is 10.4. The molecule has 5 atom stereocenters. The van der Waals surface area contributed by atoms with E-state index in [0.29, 0.717) is 0 Å². The van der Waals surface area contributed by atoms with E-state index in [1.807, 2.05) is 6.92 Å². The highest BCUT2D eigenvalue weighted by molar-refractivity contribution is 5.57. The number of hydrogen-bond donors (Lipinski definition) is 0. The fourth-order valence-corrected chi connectivity index (χ4v) is 1.41. The molecule has 0 radical (unpaired) electrons. The zero-order chi connectivity index (χ0) is 8.01. The Labute approximate surface area is 64.1 Å². The van der Waals surface area contributed by atoms with Crippen LogP contribution in [0.25, 0.3) is 0 Å². The van der Waals surface area contributed by atoms with Gasteiger partial charge in [0.25, 0.3) is 0 Å². The lowest BCUT2D eigenvalue weighted by Gasteiger charge is -2.23. The normalized spacial score (nSPS) is 54.9. The third-order valence-electron chi connectivity index (χ3n) is 2.35. The van der Waals surface area contributed by atoms with Crippen LogP contribution in [0.15, 0.2) is 0 Å². The maximum absolute atomic E-state index is 10.4. The number of rotatable bonds is 1. The predicted molar refractivity (Wildman–Crippen MR) is 36.2 cm³/mol. The number of ether oxygens (including phenoxy) is 2. The van der Waals surface area contributed by atoms with Gasteiger partial charge in [-0.15, -0.1) is 0 Å². The first kappa shape index (κ1) is 7.21. The molecule has 2 saturated heterocycles. The molecule has 0 aromatic carbocycles. The van der Waals surface area contributed by atoms with Crippen molar-refractivity contribution >= 4 is 6.29 Å². The first-order chi connectivity index (χ1) is 5.24. The second-order valence-electron chi connectivity index (χ2n) is 3.09. The molecule has 2 N–H and O–H groups in total. The van der Waals surface area contributed by atoms with Crippen LogP contribution in [-0.4, -0.2) is 36.0 Å². The van der Waals surface area contributed by atoms with Gasteiger partial charge in [0, 0.05) is 0 Å². The van der Waals surface area contributed by atoms with Crippen molar-refractivity contribution in [2.24, 2.45) is 5.92 Å². The summed E-state index contributed by atoms with van der Waals surface area (Å²) in [6.07, 6.45) is -0.348. The summed E-state index contributed by atoms with van der Waals surface area (Å²) in [7, 11) is 0. The van der Waals surface area contributed by atoms with Gasteiger partial charge in [0.05, 0.1) is 5.92 Å². The molecule has 4 nitrogen and oxygen atoms in total. The van der Waals surface area contributed by atoms with E-state index < -0.39 is 6.10 Å². The van der Waals surface area contributed by atoms with E-state index in [-0.39, 0.29) is 24.4 Å². The molecular weight excluding hydrogens is 148 g/mol. The average Bonchev–Trinajstić information content (AvgIpc) is 2.75. The molecule has 11 heavy (non-hydrogen) atoms. The highest BCUT2D eigenvalue weighted by Gasteiger charge is 2.57. The average molecular weight is 159 g/mol. The quantitative estimate of drug-likeness (QED) is 0.281. The topological polar surface area (TPSA) is 61.7 Å². The monoisotopic (exact) mass is 159 g/mol. The van der Waals surface area contributed by atoms with Crippen LogP contribution in [0.2, 0.25) is 0 Å². The van der Waals surface area contributed by atoms with Crippen LogP contribution in [-0.2, 0) is 14.3 Å². The predicted octanol–water partition coefficient (Wildman–Crippen LogP) is -0.962. The summed E-state index contributed by atoms with van der Waals surface area (Å²) in [6, 6.07) is 0. The van der Waals surface area contributed by atoms with Gasteiger partial charge in [0.1, 0.15) is 12.4 Å². The highest BCUT2D eigenvalue weighted by Crippen LogP contribution is 2.37. The molecular formula is C7H11O4+. The minimum Gasteiger partial charge on any atom is -0.441 e. The lowest BCUT2D eigenvalue weighted by molar-refractivity contribution is -0.133. The molecule has 0 saturated carbocycles. The van der Waals surface area contributed by atoms with Gasteiger partial charge >= 0.3 is 0 Å². The second kappa shape index (κ2) is 2.27. The van der Waals surface area contributed by atoms with Gasteiger partial charge in [-0.3, -0.25) is 0 Å². The summed E-state index contributed by atoms with van der Waals surface area (Å²) < 4.78 is 10.2. The maximum Gasteiger partial charge on any atom is 0.193 e. The lowest BCUT2D eigenvalue weighted by Crippen LogP contribution is -2.42. The van der Waals surface area contributed by atoms with Crippen molar-refractivity contribution in [1.82, 2.24) is 0 Å². The molecule has 62 valence electrons. The fraction of sp³-hybridized carbons (Fsp3) is 0.857. The molecule has 0 aliphatic carbocycles. The Morgan fingerprint density at radius 2 is 2.18 bits per heavy atom. The molecule has 0 amide bonds. The van der Waals surface area contributed by atoms with E-state index in [9.17, 15) is 4.79 Å².